The summed E-state index contributed by atoms with van der Waals surface area (Å²) in [5.74, 6) is 0.656. The molecule has 0 spiro atoms. The first-order valence-electron chi connectivity index (χ1n) is 4.24. The summed E-state index contributed by atoms with van der Waals surface area (Å²) in [7, 11) is 0. The zero-order valence-corrected chi connectivity index (χ0v) is 8.17. The maximum Gasteiger partial charge on any atom is 0.166 e. The van der Waals surface area contributed by atoms with E-state index in [-0.39, 0.29) is 0 Å². The summed E-state index contributed by atoms with van der Waals surface area (Å²) in [6.07, 6.45) is 7.23. The van der Waals surface area contributed by atoms with Gasteiger partial charge in [0, 0.05) is 0 Å². The highest BCUT2D eigenvalue weighted by Crippen LogP contribution is 2.32. The second kappa shape index (κ2) is 3.97. The highest BCUT2D eigenvalue weighted by Gasteiger charge is 2.24. The summed E-state index contributed by atoms with van der Waals surface area (Å²) >= 11 is 11.4. The van der Waals surface area contributed by atoms with Crippen LogP contribution < -0.4 is 5.73 Å². The quantitative estimate of drug-likeness (QED) is 0.533. The molecule has 0 amide bonds. The van der Waals surface area contributed by atoms with E-state index in [1.165, 1.54) is 32.1 Å². The van der Waals surface area contributed by atoms with Crippen LogP contribution in [0.25, 0.3) is 0 Å². The van der Waals surface area contributed by atoms with Gasteiger partial charge >= 0.3 is 0 Å². The molecule has 0 aromatic heterocycles. The minimum atomic E-state index is -0.998. The van der Waals surface area contributed by atoms with Crippen LogP contribution in [-0.4, -0.2) is 4.46 Å². The summed E-state index contributed by atoms with van der Waals surface area (Å²) in [6.45, 7) is 0. The summed E-state index contributed by atoms with van der Waals surface area (Å²) in [5, 5.41) is 0. The van der Waals surface area contributed by atoms with Crippen LogP contribution in [0.15, 0.2) is 0 Å². The van der Waals surface area contributed by atoms with Crippen molar-refractivity contribution < 1.29 is 0 Å². The van der Waals surface area contributed by atoms with Gasteiger partial charge in [-0.1, -0.05) is 55.3 Å². The Balaban J connectivity index is 2.24. The minimum absolute atomic E-state index is 0.656. The molecule has 2 N–H and O–H groups in total. The van der Waals surface area contributed by atoms with Crippen molar-refractivity contribution >= 4 is 23.2 Å². The summed E-state index contributed by atoms with van der Waals surface area (Å²) < 4.78 is -0.998. The third-order valence-corrected chi connectivity index (χ3v) is 2.59. The summed E-state index contributed by atoms with van der Waals surface area (Å²) in [4.78, 5) is 0. The lowest BCUT2D eigenvalue weighted by Crippen LogP contribution is -2.29. The lowest BCUT2D eigenvalue weighted by molar-refractivity contribution is 0.328. The van der Waals surface area contributed by atoms with Crippen LogP contribution in [0.3, 0.4) is 0 Å². The molecular formula is C8H15Cl2N. The molecular weight excluding hydrogens is 181 g/mol. The van der Waals surface area contributed by atoms with E-state index in [2.05, 4.69) is 0 Å². The van der Waals surface area contributed by atoms with Crippen LogP contribution in [0, 0.1) is 5.92 Å². The lowest BCUT2D eigenvalue weighted by Gasteiger charge is -2.25. The van der Waals surface area contributed by atoms with E-state index in [0.717, 1.165) is 6.42 Å². The topological polar surface area (TPSA) is 26.0 Å². The SMILES string of the molecule is NC(Cl)(Cl)CC1CCCCC1. The number of alkyl halides is 2. The number of nitrogens with two attached hydrogens (primary N) is 1. The van der Waals surface area contributed by atoms with Crippen molar-refractivity contribution in [2.24, 2.45) is 11.7 Å². The zero-order valence-electron chi connectivity index (χ0n) is 6.65. The number of hydrogen-bond donors (Lipinski definition) is 1. The Kier molecular flexibility index (Phi) is 3.48. The van der Waals surface area contributed by atoms with Gasteiger partial charge in [0.15, 0.2) is 4.46 Å². The monoisotopic (exact) mass is 195 g/mol. The second-order valence-corrected chi connectivity index (χ2v) is 5.01. The molecule has 1 aliphatic rings. The van der Waals surface area contributed by atoms with Gasteiger partial charge in [-0.15, -0.1) is 0 Å². The molecule has 1 rings (SSSR count). The summed E-state index contributed by atoms with van der Waals surface area (Å²) in [5.41, 5.74) is 5.50. The molecule has 3 heteroatoms. The number of hydrogen-bond acceptors (Lipinski definition) is 1. The maximum absolute atomic E-state index is 5.71. The van der Waals surface area contributed by atoms with E-state index >= 15 is 0 Å². The Hall–Kier alpha value is 0.540. The van der Waals surface area contributed by atoms with Crippen LogP contribution in [0.4, 0.5) is 0 Å². The fraction of sp³-hybridized carbons (Fsp3) is 1.00. The molecule has 1 aliphatic carbocycles. The van der Waals surface area contributed by atoms with E-state index < -0.39 is 4.46 Å². The van der Waals surface area contributed by atoms with Crippen LogP contribution in [-0.2, 0) is 0 Å². The first kappa shape index (κ1) is 9.63. The minimum Gasteiger partial charge on any atom is -0.300 e. The predicted molar refractivity (Wildman–Crippen MR) is 49.8 cm³/mol. The molecule has 0 atom stereocenters. The standard InChI is InChI=1S/C8H15Cl2N/c9-8(10,11)6-7-4-2-1-3-5-7/h7H,1-6,11H2. The van der Waals surface area contributed by atoms with Crippen molar-refractivity contribution in [3.05, 3.63) is 0 Å². The van der Waals surface area contributed by atoms with Gasteiger partial charge in [-0.3, -0.25) is 0 Å². The molecule has 1 nitrogen and oxygen atoms in total. The van der Waals surface area contributed by atoms with Crippen molar-refractivity contribution in [2.75, 3.05) is 0 Å². The molecule has 0 aromatic carbocycles. The fourth-order valence-electron chi connectivity index (χ4n) is 1.78. The van der Waals surface area contributed by atoms with E-state index in [1.807, 2.05) is 0 Å². The lowest BCUT2D eigenvalue weighted by atomic mass is 9.87. The first-order chi connectivity index (χ1) is 5.08. The molecule has 1 saturated carbocycles. The van der Waals surface area contributed by atoms with Crippen LogP contribution in [0.1, 0.15) is 38.5 Å². The van der Waals surface area contributed by atoms with Gasteiger partial charge in [-0.05, 0) is 12.3 Å². The van der Waals surface area contributed by atoms with E-state index in [1.54, 1.807) is 0 Å². The van der Waals surface area contributed by atoms with Gasteiger partial charge < -0.3 is 5.73 Å². The number of halogens is 2. The molecule has 0 saturated heterocycles. The van der Waals surface area contributed by atoms with Crippen molar-refractivity contribution in [1.29, 1.82) is 0 Å². The second-order valence-electron chi connectivity index (χ2n) is 3.47. The van der Waals surface area contributed by atoms with Crippen LogP contribution in [0.2, 0.25) is 0 Å². The van der Waals surface area contributed by atoms with E-state index in [4.69, 9.17) is 28.9 Å². The molecule has 1 fully saturated rings. The van der Waals surface area contributed by atoms with Crippen molar-refractivity contribution in [1.82, 2.24) is 0 Å². The molecule has 66 valence electrons. The summed E-state index contributed by atoms with van der Waals surface area (Å²) in [6, 6.07) is 0. The smallest absolute Gasteiger partial charge is 0.166 e. The average molecular weight is 196 g/mol. The first-order valence-corrected chi connectivity index (χ1v) is 5.00. The van der Waals surface area contributed by atoms with E-state index in [0.29, 0.717) is 5.92 Å². The van der Waals surface area contributed by atoms with Crippen molar-refractivity contribution in [2.45, 2.75) is 43.0 Å². The normalized spacial score (nSPS) is 22.1. The van der Waals surface area contributed by atoms with Crippen molar-refractivity contribution in [3.8, 4) is 0 Å². The molecule has 0 radical (unpaired) electrons. The Morgan fingerprint density at radius 3 is 2.18 bits per heavy atom. The molecule has 0 aromatic rings. The average Bonchev–Trinajstić information content (AvgIpc) is 1.85. The van der Waals surface area contributed by atoms with E-state index in [9.17, 15) is 0 Å². The third-order valence-electron chi connectivity index (χ3n) is 2.29. The van der Waals surface area contributed by atoms with Crippen LogP contribution in [0.5, 0.6) is 0 Å². The Bertz CT molecular complexity index is 114. The van der Waals surface area contributed by atoms with Crippen molar-refractivity contribution in [3.63, 3.8) is 0 Å². The molecule has 0 bridgehead atoms. The van der Waals surface area contributed by atoms with Crippen LogP contribution >= 0.6 is 23.2 Å². The maximum atomic E-state index is 5.71. The molecule has 0 heterocycles. The Morgan fingerprint density at radius 1 is 1.18 bits per heavy atom. The zero-order chi connectivity index (χ0) is 8.32. The highest BCUT2D eigenvalue weighted by atomic mass is 35.5. The van der Waals surface area contributed by atoms with Gasteiger partial charge in [0.1, 0.15) is 0 Å². The van der Waals surface area contributed by atoms with Gasteiger partial charge in [0.25, 0.3) is 0 Å². The molecule has 0 aliphatic heterocycles. The number of rotatable bonds is 2. The highest BCUT2D eigenvalue weighted by molar-refractivity contribution is 6.47. The van der Waals surface area contributed by atoms with Gasteiger partial charge in [-0.25, -0.2) is 0 Å². The van der Waals surface area contributed by atoms with Gasteiger partial charge in [-0.2, -0.15) is 0 Å². The third kappa shape index (κ3) is 4.19. The van der Waals surface area contributed by atoms with Gasteiger partial charge in [0.05, 0.1) is 0 Å². The predicted octanol–water partition coefficient (Wildman–Crippen LogP) is 3.05. The Morgan fingerprint density at radius 2 is 1.73 bits per heavy atom. The Labute approximate surface area is 78.2 Å². The largest absolute Gasteiger partial charge is 0.300 e. The molecule has 0 unspecified atom stereocenters. The molecule has 11 heavy (non-hydrogen) atoms. The fourth-order valence-corrected chi connectivity index (χ4v) is 2.21. The van der Waals surface area contributed by atoms with Gasteiger partial charge in [0.2, 0.25) is 0 Å².